The van der Waals surface area contributed by atoms with Crippen LogP contribution in [0.3, 0.4) is 0 Å². The van der Waals surface area contributed by atoms with Crippen LogP contribution in [0.25, 0.3) is 0 Å². The van der Waals surface area contributed by atoms with Gasteiger partial charge < -0.3 is 20.5 Å². The number of hydrogen-bond donors (Lipinski definition) is 3. The lowest BCUT2D eigenvalue weighted by Gasteiger charge is -2.34. The normalized spacial score (nSPS) is 18.2. The Morgan fingerprint density at radius 1 is 1.23 bits per heavy atom. The molecule has 0 aliphatic carbocycles. The maximum Gasteiger partial charge on any atom is 0.573 e. The van der Waals surface area contributed by atoms with Crippen LogP contribution in [-0.4, -0.2) is 72.3 Å². The van der Waals surface area contributed by atoms with Gasteiger partial charge in [-0.1, -0.05) is 18.2 Å². The van der Waals surface area contributed by atoms with E-state index >= 15 is 0 Å². The SMILES string of the molecule is Cc1cc(NC(=O)C(C)O)ccc1CCS(=O)(=O)N1CCC2(CC1)N=C(c1cccc(OC(F)(F)F)c1)NC2=O. The Morgan fingerprint density at radius 3 is 2.55 bits per heavy atom. The molecule has 14 heteroatoms. The molecule has 1 unspecified atom stereocenters. The lowest BCUT2D eigenvalue weighted by molar-refractivity contribution is -0.274. The van der Waals surface area contributed by atoms with Crippen LogP contribution in [0.4, 0.5) is 18.9 Å². The summed E-state index contributed by atoms with van der Waals surface area (Å²) in [6.07, 6.45) is -5.55. The number of carbonyl (C=O) groups is 2. The lowest BCUT2D eigenvalue weighted by atomic mass is 9.89. The van der Waals surface area contributed by atoms with Crippen molar-refractivity contribution in [3.05, 3.63) is 59.2 Å². The zero-order valence-corrected chi connectivity index (χ0v) is 22.6. The fraction of sp³-hybridized carbons (Fsp3) is 0.423. The standard InChI is InChI=1S/C26H29F3N4O6S/c1-16-14-20(30-23(35)17(2)34)7-6-18(16)8-13-40(37,38)33-11-9-25(10-12-33)24(36)31-22(32-25)19-4-3-5-21(15-19)39-26(27,28)29/h3-7,14-15,17,34H,8-13H2,1-2H3,(H,30,35)(H,31,32,36). The van der Waals surface area contributed by atoms with E-state index in [0.717, 1.165) is 23.3 Å². The molecule has 10 nitrogen and oxygen atoms in total. The zero-order valence-electron chi connectivity index (χ0n) is 21.8. The minimum atomic E-state index is -4.86. The van der Waals surface area contributed by atoms with Crippen LogP contribution in [0, 0.1) is 6.92 Å². The number of anilines is 1. The van der Waals surface area contributed by atoms with Gasteiger partial charge in [0.2, 0.25) is 10.0 Å². The zero-order chi connectivity index (χ0) is 29.3. The van der Waals surface area contributed by atoms with Gasteiger partial charge >= 0.3 is 6.36 Å². The number of ether oxygens (including phenoxy) is 1. The summed E-state index contributed by atoms with van der Waals surface area (Å²) < 4.78 is 69.2. The van der Waals surface area contributed by atoms with Crippen molar-refractivity contribution in [3.8, 4) is 5.75 Å². The molecule has 1 spiro atoms. The fourth-order valence-electron chi connectivity index (χ4n) is 4.64. The van der Waals surface area contributed by atoms with Crippen LogP contribution in [0.15, 0.2) is 47.5 Å². The number of amidine groups is 1. The first-order valence-electron chi connectivity index (χ1n) is 12.5. The predicted molar refractivity (Wildman–Crippen MR) is 140 cm³/mol. The molecule has 1 fully saturated rings. The summed E-state index contributed by atoms with van der Waals surface area (Å²) in [5.41, 5.74) is 1.10. The molecule has 216 valence electrons. The third-order valence-electron chi connectivity index (χ3n) is 6.88. The summed E-state index contributed by atoms with van der Waals surface area (Å²) >= 11 is 0. The molecule has 0 radical (unpaired) electrons. The van der Waals surface area contributed by atoms with Crippen molar-refractivity contribution in [2.24, 2.45) is 4.99 Å². The van der Waals surface area contributed by atoms with E-state index in [1.54, 1.807) is 25.1 Å². The first-order valence-corrected chi connectivity index (χ1v) is 14.1. The average molecular weight is 583 g/mol. The number of aliphatic hydroxyl groups is 1. The predicted octanol–water partition coefficient (Wildman–Crippen LogP) is 2.50. The van der Waals surface area contributed by atoms with E-state index < -0.39 is 45.6 Å². The molecule has 0 bridgehead atoms. The summed E-state index contributed by atoms with van der Waals surface area (Å²) in [5, 5.41) is 14.5. The molecular weight excluding hydrogens is 553 g/mol. The fourth-order valence-corrected chi connectivity index (χ4v) is 6.11. The van der Waals surface area contributed by atoms with Crippen LogP contribution in [0.2, 0.25) is 0 Å². The first-order chi connectivity index (χ1) is 18.7. The number of hydrogen-bond acceptors (Lipinski definition) is 7. The van der Waals surface area contributed by atoms with Crippen LogP contribution in [0.1, 0.15) is 36.5 Å². The molecular formula is C26H29F3N4O6S. The van der Waals surface area contributed by atoms with Crippen molar-refractivity contribution in [2.45, 2.75) is 51.1 Å². The van der Waals surface area contributed by atoms with Gasteiger partial charge in [-0.15, -0.1) is 13.2 Å². The second kappa shape index (κ2) is 11.2. The van der Waals surface area contributed by atoms with E-state index in [1.807, 2.05) is 0 Å². The van der Waals surface area contributed by atoms with Crippen molar-refractivity contribution < 1.29 is 41.0 Å². The number of halogens is 3. The highest BCUT2D eigenvalue weighted by Gasteiger charge is 2.47. The minimum absolute atomic E-state index is 0.0626. The molecule has 2 heterocycles. The second-order valence-electron chi connectivity index (χ2n) is 9.79. The summed E-state index contributed by atoms with van der Waals surface area (Å²) in [5.74, 6) is -1.47. The lowest BCUT2D eigenvalue weighted by Crippen LogP contribution is -2.50. The molecule has 3 N–H and O–H groups in total. The number of rotatable bonds is 8. The van der Waals surface area contributed by atoms with E-state index in [9.17, 15) is 36.3 Å². The largest absolute Gasteiger partial charge is 0.573 e. The monoisotopic (exact) mass is 582 g/mol. The average Bonchev–Trinajstić information content (AvgIpc) is 3.18. The van der Waals surface area contributed by atoms with Crippen LogP contribution in [0.5, 0.6) is 5.75 Å². The highest BCUT2D eigenvalue weighted by Crippen LogP contribution is 2.33. The molecule has 0 saturated carbocycles. The molecule has 2 aromatic rings. The molecule has 40 heavy (non-hydrogen) atoms. The number of aryl methyl sites for hydroxylation is 2. The van der Waals surface area contributed by atoms with E-state index in [1.165, 1.54) is 23.4 Å². The molecule has 1 saturated heterocycles. The van der Waals surface area contributed by atoms with E-state index in [0.29, 0.717) is 5.69 Å². The van der Waals surface area contributed by atoms with Crippen molar-refractivity contribution in [2.75, 3.05) is 24.2 Å². The highest BCUT2D eigenvalue weighted by molar-refractivity contribution is 7.89. The number of piperidine rings is 1. The second-order valence-corrected chi connectivity index (χ2v) is 11.9. The Kier molecular flexibility index (Phi) is 8.24. The maximum absolute atomic E-state index is 13.1. The number of carbonyl (C=O) groups excluding carboxylic acids is 2. The molecule has 0 aromatic heterocycles. The van der Waals surface area contributed by atoms with Crippen molar-refractivity contribution in [1.29, 1.82) is 0 Å². The number of nitrogens with zero attached hydrogens (tertiary/aromatic N) is 2. The van der Waals surface area contributed by atoms with E-state index in [2.05, 4.69) is 20.4 Å². The maximum atomic E-state index is 13.1. The van der Waals surface area contributed by atoms with Crippen LogP contribution < -0.4 is 15.4 Å². The molecule has 2 aliphatic rings. The third-order valence-corrected chi connectivity index (χ3v) is 8.76. The van der Waals surface area contributed by atoms with Crippen molar-refractivity contribution in [1.82, 2.24) is 9.62 Å². The highest BCUT2D eigenvalue weighted by atomic mass is 32.2. The van der Waals surface area contributed by atoms with Gasteiger partial charge in [0, 0.05) is 24.3 Å². The molecule has 2 aromatic carbocycles. The minimum Gasteiger partial charge on any atom is -0.406 e. The van der Waals surface area contributed by atoms with Gasteiger partial charge in [-0.2, -0.15) is 0 Å². The smallest absolute Gasteiger partial charge is 0.406 e. The third kappa shape index (κ3) is 6.80. The number of alkyl halides is 3. The Labute approximate surface area is 229 Å². The number of sulfonamides is 1. The summed E-state index contributed by atoms with van der Waals surface area (Å²) in [4.78, 5) is 29.0. The van der Waals surface area contributed by atoms with Gasteiger partial charge in [0.1, 0.15) is 23.2 Å². The van der Waals surface area contributed by atoms with Crippen molar-refractivity contribution >= 4 is 33.4 Å². The Hall–Kier alpha value is -3.49. The van der Waals surface area contributed by atoms with E-state index in [4.69, 9.17) is 0 Å². The van der Waals surface area contributed by atoms with Gasteiger partial charge in [-0.25, -0.2) is 12.7 Å². The number of aliphatic hydroxyl groups excluding tert-OH is 1. The quantitative estimate of drug-likeness (QED) is 0.438. The summed E-state index contributed by atoms with van der Waals surface area (Å²) in [7, 11) is -3.66. The van der Waals surface area contributed by atoms with Crippen molar-refractivity contribution in [3.63, 3.8) is 0 Å². The van der Waals surface area contributed by atoms with E-state index in [-0.39, 0.29) is 49.5 Å². The molecule has 2 aliphatic heterocycles. The van der Waals surface area contributed by atoms with Gasteiger partial charge in [-0.3, -0.25) is 14.6 Å². The molecule has 1 atom stereocenters. The molecule has 2 amide bonds. The Bertz CT molecular complexity index is 1430. The van der Waals surface area contributed by atoms with Crippen LogP contribution in [-0.2, 0) is 26.0 Å². The first kappa shape index (κ1) is 29.5. The van der Waals surface area contributed by atoms with Gasteiger partial charge in [0.15, 0.2) is 0 Å². The van der Waals surface area contributed by atoms with Crippen LogP contribution >= 0.6 is 0 Å². The van der Waals surface area contributed by atoms with Gasteiger partial charge in [0.25, 0.3) is 11.8 Å². The van der Waals surface area contributed by atoms with Gasteiger partial charge in [0.05, 0.1) is 5.75 Å². The number of nitrogens with one attached hydrogen (secondary N) is 2. The number of amides is 2. The number of aliphatic imine (C=N–C) groups is 1. The Balaban J connectivity index is 1.38. The summed E-state index contributed by atoms with van der Waals surface area (Å²) in [6, 6.07) is 10.2. The molecule has 4 rings (SSSR count). The summed E-state index contributed by atoms with van der Waals surface area (Å²) in [6.45, 7) is 3.27. The Morgan fingerprint density at radius 2 is 1.93 bits per heavy atom. The topological polar surface area (TPSA) is 137 Å². The number of benzene rings is 2. The van der Waals surface area contributed by atoms with Gasteiger partial charge in [-0.05, 0) is 68.5 Å².